The first-order valence-electron chi connectivity index (χ1n) is 8.25. The van der Waals surface area contributed by atoms with Crippen LogP contribution in [0.25, 0.3) is 22.2 Å². The van der Waals surface area contributed by atoms with Gasteiger partial charge in [-0.25, -0.2) is 4.98 Å². The summed E-state index contributed by atoms with van der Waals surface area (Å²) in [4.78, 5) is 20.8. The average Bonchev–Trinajstić information content (AvgIpc) is 2.60. The van der Waals surface area contributed by atoms with Crippen molar-refractivity contribution in [3.8, 4) is 17.0 Å². The molecule has 3 aromatic rings. The maximum atomic E-state index is 12.5. The predicted octanol–water partition coefficient (Wildman–Crippen LogP) is 3.10. The van der Waals surface area contributed by atoms with Gasteiger partial charge in [-0.15, -0.1) is 0 Å². The van der Waals surface area contributed by atoms with E-state index < -0.39 is 5.91 Å². The van der Waals surface area contributed by atoms with Crippen LogP contribution in [0.5, 0.6) is 5.75 Å². The molecule has 6 nitrogen and oxygen atoms in total. The molecule has 1 aromatic heterocycles. The molecule has 0 fully saturated rings. The molecule has 0 atom stereocenters. The third-order valence-corrected chi connectivity index (χ3v) is 3.68. The second-order valence-corrected chi connectivity index (χ2v) is 6.11. The number of rotatable bonds is 4. The van der Waals surface area contributed by atoms with Crippen LogP contribution in [0.1, 0.15) is 24.2 Å². The molecule has 0 unspecified atom stereocenters. The number of aliphatic imine (C=N–C) groups is 1. The number of carbonyl (C=O) groups excluding carboxylic acids is 1. The van der Waals surface area contributed by atoms with Gasteiger partial charge in [0, 0.05) is 10.9 Å². The normalized spacial score (nSPS) is 10.7. The summed E-state index contributed by atoms with van der Waals surface area (Å²) in [5, 5.41) is 0.695. The fourth-order valence-corrected chi connectivity index (χ4v) is 2.68. The van der Waals surface area contributed by atoms with Crippen LogP contribution in [0.15, 0.2) is 59.6 Å². The van der Waals surface area contributed by atoms with Crippen molar-refractivity contribution in [3.05, 3.63) is 60.2 Å². The molecule has 0 aliphatic heterocycles. The lowest BCUT2D eigenvalue weighted by Gasteiger charge is -2.12. The third kappa shape index (κ3) is 3.80. The second kappa shape index (κ2) is 7.23. The Hall–Kier alpha value is -3.41. The number of fused-ring (bicyclic) bond motifs is 1. The van der Waals surface area contributed by atoms with Crippen molar-refractivity contribution in [1.29, 1.82) is 0 Å². The molecular weight excluding hydrogens is 328 g/mol. The summed E-state index contributed by atoms with van der Waals surface area (Å²) in [5.41, 5.74) is 13.3. The van der Waals surface area contributed by atoms with Crippen molar-refractivity contribution in [1.82, 2.24) is 4.98 Å². The summed E-state index contributed by atoms with van der Waals surface area (Å²) < 4.78 is 5.74. The summed E-state index contributed by atoms with van der Waals surface area (Å²) in [6.07, 6.45) is 0.0637. The number of aromatic nitrogens is 1. The fraction of sp³-hybridized carbons (Fsp3) is 0.150. The zero-order valence-corrected chi connectivity index (χ0v) is 14.6. The minimum absolute atomic E-state index is 0.0637. The molecule has 2 aromatic carbocycles. The Labute approximate surface area is 151 Å². The van der Waals surface area contributed by atoms with E-state index in [1.54, 1.807) is 6.07 Å². The van der Waals surface area contributed by atoms with Crippen LogP contribution in [0.3, 0.4) is 0 Å². The number of guanidine groups is 1. The first-order chi connectivity index (χ1) is 12.4. The number of ether oxygens (including phenoxy) is 1. The lowest BCUT2D eigenvalue weighted by molar-refractivity contribution is 0.100. The van der Waals surface area contributed by atoms with E-state index in [1.165, 1.54) is 0 Å². The smallest absolute Gasteiger partial charge is 0.280 e. The largest absolute Gasteiger partial charge is 0.491 e. The monoisotopic (exact) mass is 348 g/mol. The van der Waals surface area contributed by atoms with Gasteiger partial charge in [0.15, 0.2) is 5.96 Å². The standard InChI is InChI=1S/C20H20N4O2/c1-12(2)26-14-7-5-6-13(10-14)18-11-16(19(25)24-20(21)22)15-8-3-4-9-17(15)23-18/h3-12H,1-2H3,(H4,21,22,24,25). The number of para-hydroxylation sites is 1. The zero-order valence-electron chi connectivity index (χ0n) is 14.6. The molecule has 3 rings (SSSR count). The Morgan fingerprint density at radius 3 is 2.58 bits per heavy atom. The summed E-state index contributed by atoms with van der Waals surface area (Å²) >= 11 is 0. The molecule has 6 heteroatoms. The van der Waals surface area contributed by atoms with E-state index >= 15 is 0 Å². The summed E-state index contributed by atoms with van der Waals surface area (Å²) in [5.74, 6) is -0.0335. The van der Waals surface area contributed by atoms with Gasteiger partial charge < -0.3 is 16.2 Å². The first kappa shape index (κ1) is 17.4. The third-order valence-electron chi connectivity index (χ3n) is 3.68. The van der Waals surface area contributed by atoms with Gasteiger partial charge in [0.25, 0.3) is 5.91 Å². The molecule has 0 saturated heterocycles. The summed E-state index contributed by atoms with van der Waals surface area (Å²) in [6, 6.07) is 16.7. The van der Waals surface area contributed by atoms with Gasteiger partial charge in [0.2, 0.25) is 0 Å². The van der Waals surface area contributed by atoms with E-state index in [9.17, 15) is 4.79 Å². The highest BCUT2D eigenvalue weighted by molar-refractivity contribution is 6.10. The van der Waals surface area contributed by atoms with Crippen LogP contribution < -0.4 is 16.2 Å². The minimum atomic E-state index is -0.501. The first-order valence-corrected chi connectivity index (χ1v) is 8.25. The molecule has 4 N–H and O–H groups in total. The Kier molecular flexibility index (Phi) is 4.84. The highest BCUT2D eigenvalue weighted by atomic mass is 16.5. The molecule has 26 heavy (non-hydrogen) atoms. The van der Waals surface area contributed by atoms with Gasteiger partial charge in [-0.2, -0.15) is 4.99 Å². The summed E-state index contributed by atoms with van der Waals surface area (Å²) in [7, 11) is 0. The van der Waals surface area contributed by atoms with Crippen LogP contribution >= 0.6 is 0 Å². The van der Waals surface area contributed by atoms with Crippen molar-refractivity contribution in [2.24, 2.45) is 16.5 Å². The fourth-order valence-electron chi connectivity index (χ4n) is 2.68. The van der Waals surface area contributed by atoms with E-state index in [1.807, 2.05) is 62.4 Å². The van der Waals surface area contributed by atoms with Crippen molar-refractivity contribution in [2.75, 3.05) is 0 Å². The molecule has 0 bridgehead atoms. The Morgan fingerprint density at radius 2 is 1.85 bits per heavy atom. The zero-order chi connectivity index (χ0) is 18.7. The van der Waals surface area contributed by atoms with E-state index in [0.717, 1.165) is 11.3 Å². The van der Waals surface area contributed by atoms with Crippen LogP contribution in [-0.4, -0.2) is 23.0 Å². The summed E-state index contributed by atoms with van der Waals surface area (Å²) in [6.45, 7) is 3.93. The van der Waals surface area contributed by atoms with E-state index in [2.05, 4.69) is 9.98 Å². The number of nitrogens with zero attached hydrogens (tertiary/aromatic N) is 2. The number of benzene rings is 2. The molecule has 1 heterocycles. The van der Waals surface area contributed by atoms with Crippen molar-refractivity contribution >= 4 is 22.8 Å². The van der Waals surface area contributed by atoms with E-state index in [4.69, 9.17) is 16.2 Å². The maximum absolute atomic E-state index is 12.5. The van der Waals surface area contributed by atoms with Crippen LogP contribution in [0.4, 0.5) is 0 Å². The Bertz CT molecular complexity index is 992. The van der Waals surface area contributed by atoms with Crippen LogP contribution in [-0.2, 0) is 0 Å². The topological polar surface area (TPSA) is 104 Å². The number of nitrogens with two attached hydrogens (primary N) is 2. The lowest BCUT2D eigenvalue weighted by Crippen LogP contribution is -2.24. The maximum Gasteiger partial charge on any atom is 0.280 e. The minimum Gasteiger partial charge on any atom is -0.491 e. The predicted molar refractivity (Wildman–Crippen MR) is 103 cm³/mol. The molecule has 0 radical (unpaired) electrons. The van der Waals surface area contributed by atoms with E-state index in [-0.39, 0.29) is 12.1 Å². The van der Waals surface area contributed by atoms with Gasteiger partial charge in [-0.1, -0.05) is 30.3 Å². The molecule has 0 aliphatic rings. The van der Waals surface area contributed by atoms with E-state index in [0.29, 0.717) is 22.2 Å². The highest BCUT2D eigenvalue weighted by Crippen LogP contribution is 2.28. The molecular formula is C20H20N4O2. The molecule has 0 aliphatic carbocycles. The van der Waals surface area contributed by atoms with Crippen LogP contribution in [0, 0.1) is 0 Å². The van der Waals surface area contributed by atoms with Gasteiger partial charge in [-0.3, -0.25) is 4.79 Å². The number of hydrogen-bond donors (Lipinski definition) is 2. The second-order valence-electron chi connectivity index (χ2n) is 6.11. The molecule has 0 saturated carbocycles. The Morgan fingerprint density at radius 1 is 1.08 bits per heavy atom. The van der Waals surface area contributed by atoms with Gasteiger partial charge in [-0.05, 0) is 38.1 Å². The van der Waals surface area contributed by atoms with Crippen LogP contribution in [0.2, 0.25) is 0 Å². The van der Waals surface area contributed by atoms with Gasteiger partial charge >= 0.3 is 0 Å². The van der Waals surface area contributed by atoms with Gasteiger partial charge in [0.05, 0.1) is 22.9 Å². The highest BCUT2D eigenvalue weighted by Gasteiger charge is 2.14. The Balaban J connectivity index is 2.16. The lowest BCUT2D eigenvalue weighted by atomic mass is 10.0. The number of pyridine rings is 1. The number of hydrogen-bond acceptors (Lipinski definition) is 3. The number of carbonyl (C=O) groups is 1. The number of amides is 1. The molecule has 1 amide bonds. The SMILES string of the molecule is CC(C)Oc1cccc(-c2cc(C(=O)N=C(N)N)c3ccccc3n2)c1. The van der Waals surface area contributed by atoms with Crippen molar-refractivity contribution in [2.45, 2.75) is 20.0 Å². The van der Waals surface area contributed by atoms with Crippen molar-refractivity contribution in [3.63, 3.8) is 0 Å². The van der Waals surface area contributed by atoms with Gasteiger partial charge in [0.1, 0.15) is 5.75 Å². The van der Waals surface area contributed by atoms with Crippen molar-refractivity contribution < 1.29 is 9.53 Å². The average molecular weight is 348 g/mol. The molecule has 132 valence electrons. The molecule has 0 spiro atoms. The quantitative estimate of drug-likeness (QED) is 0.557.